The van der Waals surface area contributed by atoms with E-state index in [0.29, 0.717) is 29.7 Å². The molecule has 1 saturated heterocycles. The van der Waals surface area contributed by atoms with Crippen LogP contribution < -0.4 is 10.0 Å². The van der Waals surface area contributed by atoms with Crippen molar-refractivity contribution in [3.8, 4) is 0 Å². The molecule has 2 N–H and O–H groups in total. The predicted octanol–water partition coefficient (Wildman–Crippen LogP) is 2.53. The van der Waals surface area contributed by atoms with Crippen molar-refractivity contribution >= 4 is 50.1 Å². The molecule has 0 amide bonds. The fourth-order valence-corrected chi connectivity index (χ4v) is 4.80. The van der Waals surface area contributed by atoms with Crippen LogP contribution in [-0.2, 0) is 10.2 Å². The van der Waals surface area contributed by atoms with Crippen molar-refractivity contribution in [2.24, 2.45) is 5.92 Å². The molecule has 0 spiro atoms. The van der Waals surface area contributed by atoms with Gasteiger partial charge in [-0.2, -0.15) is 12.7 Å². The van der Waals surface area contributed by atoms with E-state index < -0.39 is 10.2 Å². The monoisotopic (exact) mass is 443 g/mol. The van der Waals surface area contributed by atoms with Gasteiger partial charge in [-0.05, 0) is 73.1 Å². The summed E-state index contributed by atoms with van der Waals surface area (Å²) in [5, 5.41) is 3.52. The van der Waals surface area contributed by atoms with E-state index >= 15 is 0 Å². The maximum absolute atomic E-state index is 12.5. The van der Waals surface area contributed by atoms with Crippen molar-refractivity contribution in [2.45, 2.75) is 12.8 Å². The molecule has 1 aliphatic heterocycles. The van der Waals surface area contributed by atoms with Gasteiger partial charge in [-0.15, -0.1) is 0 Å². The van der Waals surface area contributed by atoms with E-state index in [9.17, 15) is 8.42 Å². The van der Waals surface area contributed by atoms with Gasteiger partial charge in [0.15, 0.2) is 0 Å². The molecule has 118 valence electrons. The molecular formula is C13H19ClIN3O2S. The van der Waals surface area contributed by atoms with Crippen molar-refractivity contribution in [1.82, 2.24) is 9.62 Å². The Morgan fingerprint density at radius 2 is 2.24 bits per heavy atom. The van der Waals surface area contributed by atoms with E-state index in [-0.39, 0.29) is 0 Å². The highest BCUT2D eigenvalue weighted by Gasteiger charge is 2.28. The first kappa shape index (κ1) is 17.3. The average Bonchev–Trinajstić information content (AvgIpc) is 2.43. The Hall–Kier alpha value is -0.0900. The van der Waals surface area contributed by atoms with Gasteiger partial charge < -0.3 is 5.32 Å². The van der Waals surface area contributed by atoms with E-state index in [1.807, 2.05) is 13.1 Å². The van der Waals surface area contributed by atoms with Crippen LogP contribution in [0.3, 0.4) is 0 Å². The fraction of sp³-hybridized carbons (Fsp3) is 0.538. The molecule has 0 bridgehead atoms. The highest BCUT2D eigenvalue weighted by molar-refractivity contribution is 14.1. The second-order valence-corrected chi connectivity index (χ2v) is 8.48. The number of halogens is 2. The summed E-state index contributed by atoms with van der Waals surface area (Å²) in [6, 6.07) is 5.25. The molecule has 1 fully saturated rings. The Labute approximate surface area is 144 Å². The third-order valence-corrected chi connectivity index (χ3v) is 5.96. The SMILES string of the molecule is CNCC1CCCN(S(=O)(=O)Nc2ccc(I)cc2Cl)C1. The lowest BCUT2D eigenvalue weighted by Crippen LogP contribution is -2.44. The van der Waals surface area contributed by atoms with Crippen LogP contribution in [0.5, 0.6) is 0 Å². The molecule has 1 aliphatic rings. The third kappa shape index (κ3) is 4.69. The normalized spacial score (nSPS) is 20.4. The number of hydrogen-bond acceptors (Lipinski definition) is 3. The topological polar surface area (TPSA) is 61.4 Å². The summed E-state index contributed by atoms with van der Waals surface area (Å²) in [6.45, 7) is 1.92. The molecular weight excluding hydrogens is 425 g/mol. The first-order chi connectivity index (χ1) is 9.92. The summed E-state index contributed by atoms with van der Waals surface area (Å²) in [5.74, 6) is 0.354. The largest absolute Gasteiger partial charge is 0.319 e. The van der Waals surface area contributed by atoms with Gasteiger partial charge in [0.25, 0.3) is 0 Å². The highest BCUT2D eigenvalue weighted by atomic mass is 127. The van der Waals surface area contributed by atoms with E-state index in [1.54, 1.807) is 12.1 Å². The molecule has 1 atom stereocenters. The summed E-state index contributed by atoms with van der Waals surface area (Å²) >= 11 is 8.23. The molecule has 21 heavy (non-hydrogen) atoms. The number of nitrogens with zero attached hydrogens (tertiary/aromatic N) is 1. The van der Waals surface area contributed by atoms with Gasteiger partial charge in [0, 0.05) is 16.7 Å². The molecule has 1 unspecified atom stereocenters. The lowest BCUT2D eigenvalue weighted by atomic mass is 10.00. The maximum atomic E-state index is 12.5. The summed E-state index contributed by atoms with van der Waals surface area (Å²) in [5.41, 5.74) is 0.424. The number of hydrogen-bond donors (Lipinski definition) is 2. The van der Waals surface area contributed by atoms with Crippen LogP contribution in [0, 0.1) is 9.49 Å². The second-order valence-electron chi connectivity index (χ2n) is 5.16. The molecule has 1 aromatic rings. The standard InChI is InChI=1S/C13H19ClIN3O2S/c1-16-8-10-3-2-6-18(9-10)21(19,20)17-13-5-4-11(15)7-12(13)14/h4-5,7,10,16-17H,2-3,6,8-9H2,1H3. The average molecular weight is 444 g/mol. The zero-order chi connectivity index (χ0) is 15.5. The summed E-state index contributed by atoms with van der Waals surface area (Å²) in [4.78, 5) is 0. The van der Waals surface area contributed by atoms with Crippen LogP contribution in [0.25, 0.3) is 0 Å². The molecule has 0 radical (unpaired) electrons. The van der Waals surface area contributed by atoms with E-state index in [2.05, 4.69) is 32.6 Å². The van der Waals surface area contributed by atoms with Crippen LogP contribution in [0.1, 0.15) is 12.8 Å². The second kappa shape index (κ2) is 7.45. The maximum Gasteiger partial charge on any atom is 0.301 e. The van der Waals surface area contributed by atoms with Crippen LogP contribution >= 0.6 is 34.2 Å². The Balaban J connectivity index is 2.10. The third-order valence-electron chi connectivity index (χ3n) is 3.48. The molecule has 2 rings (SSSR count). The van der Waals surface area contributed by atoms with Gasteiger partial charge in [0.2, 0.25) is 0 Å². The van der Waals surface area contributed by atoms with Gasteiger partial charge >= 0.3 is 10.2 Å². The van der Waals surface area contributed by atoms with Gasteiger partial charge in [-0.1, -0.05) is 11.6 Å². The summed E-state index contributed by atoms with van der Waals surface area (Å²) < 4.78 is 30.0. The molecule has 0 saturated carbocycles. The summed E-state index contributed by atoms with van der Waals surface area (Å²) in [7, 11) is -1.67. The van der Waals surface area contributed by atoms with Gasteiger partial charge in [0.1, 0.15) is 0 Å². The summed E-state index contributed by atoms with van der Waals surface area (Å²) in [6.07, 6.45) is 1.94. The zero-order valence-electron chi connectivity index (χ0n) is 11.8. The number of benzene rings is 1. The van der Waals surface area contributed by atoms with Crippen molar-refractivity contribution in [3.63, 3.8) is 0 Å². The van der Waals surface area contributed by atoms with Gasteiger partial charge in [0.05, 0.1) is 10.7 Å². The van der Waals surface area contributed by atoms with Crippen LogP contribution in [0.4, 0.5) is 5.69 Å². The van der Waals surface area contributed by atoms with E-state index in [0.717, 1.165) is 23.0 Å². The molecule has 0 aromatic heterocycles. The molecule has 1 heterocycles. The molecule has 5 nitrogen and oxygen atoms in total. The van der Waals surface area contributed by atoms with Gasteiger partial charge in [-0.3, -0.25) is 4.72 Å². The smallest absolute Gasteiger partial charge is 0.301 e. The molecule has 8 heteroatoms. The van der Waals surface area contributed by atoms with Crippen LogP contribution in [0.15, 0.2) is 18.2 Å². The minimum absolute atomic E-state index is 0.354. The predicted molar refractivity (Wildman–Crippen MR) is 94.9 cm³/mol. The van der Waals surface area contributed by atoms with Crippen molar-refractivity contribution in [2.75, 3.05) is 31.4 Å². The Bertz CT molecular complexity index is 595. The fourth-order valence-electron chi connectivity index (χ4n) is 2.48. The quantitative estimate of drug-likeness (QED) is 0.688. The van der Waals surface area contributed by atoms with E-state index in [4.69, 9.17) is 11.6 Å². The molecule has 0 aliphatic carbocycles. The number of rotatable bonds is 5. The lowest BCUT2D eigenvalue weighted by molar-refractivity contribution is 0.264. The van der Waals surface area contributed by atoms with Crippen molar-refractivity contribution < 1.29 is 8.42 Å². The van der Waals surface area contributed by atoms with E-state index in [1.165, 1.54) is 4.31 Å². The first-order valence-electron chi connectivity index (χ1n) is 6.80. The zero-order valence-corrected chi connectivity index (χ0v) is 15.5. The van der Waals surface area contributed by atoms with Crippen molar-refractivity contribution in [1.29, 1.82) is 0 Å². The van der Waals surface area contributed by atoms with Crippen molar-refractivity contribution in [3.05, 3.63) is 26.8 Å². The Morgan fingerprint density at radius 1 is 1.48 bits per heavy atom. The molecule has 1 aromatic carbocycles. The first-order valence-corrected chi connectivity index (χ1v) is 9.69. The Kier molecular flexibility index (Phi) is 6.13. The Morgan fingerprint density at radius 3 is 2.90 bits per heavy atom. The number of piperidine rings is 1. The number of nitrogens with one attached hydrogen (secondary N) is 2. The minimum atomic E-state index is -3.55. The number of anilines is 1. The van der Waals surface area contributed by atoms with Gasteiger partial charge in [-0.25, -0.2) is 0 Å². The lowest BCUT2D eigenvalue weighted by Gasteiger charge is -2.32. The van der Waals surface area contributed by atoms with Crippen LogP contribution in [-0.4, -0.2) is 39.4 Å². The van der Waals surface area contributed by atoms with Crippen LogP contribution in [0.2, 0.25) is 5.02 Å². The minimum Gasteiger partial charge on any atom is -0.319 e. The highest BCUT2D eigenvalue weighted by Crippen LogP contribution is 2.26.